The first kappa shape index (κ1) is 10.2. The van der Waals surface area contributed by atoms with Gasteiger partial charge < -0.3 is 4.74 Å². The molecule has 1 aromatic heterocycles. The topological polar surface area (TPSA) is 55.0 Å². The van der Waals surface area contributed by atoms with E-state index in [-0.39, 0.29) is 5.97 Å². The first-order chi connectivity index (χ1) is 7.76. The third-order valence-corrected chi connectivity index (χ3v) is 2.31. The smallest absolute Gasteiger partial charge is 0.338 e. The molecule has 0 bridgehead atoms. The number of hydrogen-bond acceptors (Lipinski definition) is 3. The Labute approximate surface area is 92.7 Å². The van der Waals surface area contributed by atoms with Gasteiger partial charge in [0.05, 0.1) is 17.7 Å². The minimum Gasteiger partial charge on any atom is -0.462 e. The van der Waals surface area contributed by atoms with Gasteiger partial charge in [-0.3, -0.25) is 4.57 Å². The van der Waals surface area contributed by atoms with E-state index < -0.39 is 0 Å². The van der Waals surface area contributed by atoms with E-state index in [0.29, 0.717) is 17.7 Å². The fourth-order valence-electron chi connectivity index (χ4n) is 1.56. The van der Waals surface area contributed by atoms with Crippen LogP contribution in [0.3, 0.4) is 0 Å². The molecule has 0 aliphatic heterocycles. The third-order valence-electron chi connectivity index (χ3n) is 2.31. The Morgan fingerprint density at radius 2 is 2.31 bits per heavy atom. The zero-order valence-corrected chi connectivity index (χ0v) is 8.80. The Morgan fingerprint density at radius 3 is 3.00 bits per heavy atom. The Bertz CT molecular complexity index is 578. The van der Waals surface area contributed by atoms with Crippen molar-refractivity contribution in [3.8, 4) is 6.19 Å². The lowest BCUT2D eigenvalue weighted by atomic mass is 10.1. The number of nitrogens with zero attached hydrogens (tertiary/aromatic N) is 2. The summed E-state index contributed by atoms with van der Waals surface area (Å²) in [5.41, 5.74) is 1.18. The summed E-state index contributed by atoms with van der Waals surface area (Å²) < 4.78 is 6.31. The van der Waals surface area contributed by atoms with Gasteiger partial charge in [-0.2, -0.15) is 5.26 Å². The van der Waals surface area contributed by atoms with E-state index in [4.69, 9.17) is 10.00 Å². The molecule has 0 saturated carbocycles. The van der Waals surface area contributed by atoms with Crippen molar-refractivity contribution in [1.29, 1.82) is 5.26 Å². The molecule has 0 amide bonds. The molecule has 0 atom stereocenters. The van der Waals surface area contributed by atoms with Crippen molar-refractivity contribution in [2.75, 3.05) is 6.61 Å². The molecule has 0 aliphatic rings. The first-order valence-corrected chi connectivity index (χ1v) is 4.94. The van der Waals surface area contributed by atoms with Gasteiger partial charge in [0.15, 0.2) is 6.19 Å². The number of aromatic nitrogens is 1. The van der Waals surface area contributed by atoms with Gasteiger partial charge in [-0.05, 0) is 25.1 Å². The van der Waals surface area contributed by atoms with E-state index in [1.54, 1.807) is 31.3 Å². The standard InChI is InChI=1S/C12H10N2O2/c1-2-16-12(15)10-4-3-9-5-6-14(8-13)11(9)7-10/h3-7H,2H2,1H3. The zero-order chi connectivity index (χ0) is 11.5. The Kier molecular flexibility index (Phi) is 2.61. The Balaban J connectivity index is 2.50. The van der Waals surface area contributed by atoms with Crippen LogP contribution in [0.1, 0.15) is 17.3 Å². The van der Waals surface area contributed by atoms with Gasteiger partial charge in [-0.15, -0.1) is 0 Å². The van der Waals surface area contributed by atoms with Gasteiger partial charge in [0.2, 0.25) is 0 Å². The summed E-state index contributed by atoms with van der Waals surface area (Å²) in [5.74, 6) is -0.366. The van der Waals surface area contributed by atoms with Crippen LogP contribution in [-0.4, -0.2) is 17.1 Å². The van der Waals surface area contributed by atoms with Crippen LogP contribution in [0.4, 0.5) is 0 Å². The van der Waals surface area contributed by atoms with Crippen molar-refractivity contribution in [3.05, 3.63) is 36.0 Å². The molecule has 80 valence electrons. The van der Waals surface area contributed by atoms with Crippen LogP contribution in [0.15, 0.2) is 30.5 Å². The van der Waals surface area contributed by atoms with Crippen molar-refractivity contribution < 1.29 is 9.53 Å². The minimum atomic E-state index is -0.366. The van der Waals surface area contributed by atoms with E-state index in [2.05, 4.69) is 0 Å². The highest BCUT2D eigenvalue weighted by molar-refractivity contribution is 5.94. The molecular formula is C12H10N2O2. The maximum absolute atomic E-state index is 11.5. The highest BCUT2D eigenvalue weighted by Crippen LogP contribution is 2.17. The number of carbonyl (C=O) groups excluding carboxylic acids is 1. The molecule has 0 fully saturated rings. The average molecular weight is 214 g/mol. The van der Waals surface area contributed by atoms with Crippen LogP contribution in [0.5, 0.6) is 0 Å². The molecule has 0 unspecified atom stereocenters. The molecule has 0 saturated heterocycles. The van der Waals surface area contributed by atoms with E-state index in [1.807, 2.05) is 12.3 Å². The quantitative estimate of drug-likeness (QED) is 0.720. The van der Waals surface area contributed by atoms with Gasteiger partial charge in [0, 0.05) is 11.6 Å². The fourth-order valence-corrected chi connectivity index (χ4v) is 1.56. The number of esters is 1. The van der Waals surface area contributed by atoms with Crippen molar-refractivity contribution in [3.63, 3.8) is 0 Å². The van der Waals surface area contributed by atoms with E-state index in [9.17, 15) is 4.79 Å². The number of hydrogen-bond donors (Lipinski definition) is 0. The highest BCUT2D eigenvalue weighted by Gasteiger charge is 2.08. The number of rotatable bonds is 2. The van der Waals surface area contributed by atoms with Crippen LogP contribution in [0.2, 0.25) is 0 Å². The zero-order valence-electron chi connectivity index (χ0n) is 8.80. The first-order valence-electron chi connectivity index (χ1n) is 4.94. The SMILES string of the molecule is CCOC(=O)c1ccc2ccn(C#N)c2c1. The number of carbonyl (C=O) groups is 1. The van der Waals surface area contributed by atoms with Gasteiger partial charge in [-0.1, -0.05) is 6.07 Å². The summed E-state index contributed by atoms with van der Waals surface area (Å²) in [4.78, 5) is 11.5. The number of fused-ring (bicyclic) bond motifs is 1. The lowest BCUT2D eigenvalue weighted by Gasteiger charge is -2.02. The van der Waals surface area contributed by atoms with Crippen LogP contribution >= 0.6 is 0 Å². The number of nitriles is 1. The van der Waals surface area contributed by atoms with Crippen LogP contribution in [-0.2, 0) is 4.74 Å². The summed E-state index contributed by atoms with van der Waals surface area (Å²) >= 11 is 0. The second kappa shape index (κ2) is 4.07. The number of benzene rings is 1. The largest absolute Gasteiger partial charge is 0.462 e. The molecule has 2 aromatic rings. The van der Waals surface area contributed by atoms with E-state index >= 15 is 0 Å². The van der Waals surface area contributed by atoms with Gasteiger partial charge in [0.1, 0.15) is 0 Å². The van der Waals surface area contributed by atoms with Gasteiger partial charge in [0.25, 0.3) is 0 Å². The molecule has 0 aliphatic carbocycles. The van der Waals surface area contributed by atoms with Crippen molar-refractivity contribution in [1.82, 2.24) is 4.57 Å². The fraction of sp³-hybridized carbons (Fsp3) is 0.167. The predicted octanol–water partition coefficient (Wildman–Crippen LogP) is 2.15. The second-order valence-electron chi connectivity index (χ2n) is 3.28. The third kappa shape index (κ3) is 1.63. The average Bonchev–Trinajstić information content (AvgIpc) is 2.71. The van der Waals surface area contributed by atoms with Crippen molar-refractivity contribution in [2.24, 2.45) is 0 Å². The Morgan fingerprint density at radius 1 is 1.50 bits per heavy atom. The molecule has 4 heteroatoms. The summed E-state index contributed by atoms with van der Waals surface area (Å²) in [7, 11) is 0. The number of ether oxygens (including phenoxy) is 1. The molecule has 4 nitrogen and oxygen atoms in total. The summed E-state index contributed by atoms with van der Waals surface area (Å²) in [6.45, 7) is 2.10. The molecule has 16 heavy (non-hydrogen) atoms. The van der Waals surface area contributed by atoms with Crippen molar-refractivity contribution in [2.45, 2.75) is 6.92 Å². The molecule has 0 radical (unpaired) electrons. The van der Waals surface area contributed by atoms with Gasteiger partial charge in [-0.25, -0.2) is 4.79 Å². The van der Waals surface area contributed by atoms with E-state index in [0.717, 1.165) is 5.39 Å². The molecule has 0 spiro atoms. The Hall–Kier alpha value is -2.28. The molecule has 0 N–H and O–H groups in total. The second-order valence-corrected chi connectivity index (χ2v) is 3.28. The molecule has 1 heterocycles. The van der Waals surface area contributed by atoms with E-state index in [1.165, 1.54) is 4.57 Å². The maximum Gasteiger partial charge on any atom is 0.338 e. The molecular weight excluding hydrogens is 204 g/mol. The summed E-state index contributed by atoms with van der Waals surface area (Å²) in [6.07, 6.45) is 3.68. The summed E-state index contributed by atoms with van der Waals surface area (Å²) in [6, 6.07) is 6.99. The minimum absolute atomic E-state index is 0.343. The van der Waals surface area contributed by atoms with Crippen LogP contribution in [0.25, 0.3) is 10.9 Å². The van der Waals surface area contributed by atoms with Crippen LogP contribution in [0, 0.1) is 11.5 Å². The van der Waals surface area contributed by atoms with Crippen molar-refractivity contribution >= 4 is 16.9 Å². The van der Waals surface area contributed by atoms with Gasteiger partial charge >= 0.3 is 5.97 Å². The monoisotopic (exact) mass is 214 g/mol. The summed E-state index contributed by atoms with van der Waals surface area (Å²) in [5, 5.41) is 9.78. The highest BCUT2D eigenvalue weighted by atomic mass is 16.5. The lowest BCUT2D eigenvalue weighted by molar-refractivity contribution is 0.0526. The lowest BCUT2D eigenvalue weighted by Crippen LogP contribution is -2.04. The normalized spacial score (nSPS) is 10.0. The van der Waals surface area contributed by atoms with Crippen LogP contribution < -0.4 is 0 Å². The molecule has 1 aromatic carbocycles. The molecule has 2 rings (SSSR count). The maximum atomic E-state index is 11.5. The predicted molar refractivity (Wildman–Crippen MR) is 58.9 cm³/mol.